The molecule has 1 aliphatic rings. The Balaban J connectivity index is 1.89. The summed E-state index contributed by atoms with van der Waals surface area (Å²) in [5.41, 5.74) is 0.600. The number of carbonyl (C=O) groups is 2. The highest BCUT2D eigenvalue weighted by atomic mass is 16.5. The van der Waals surface area contributed by atoms with Gasteiger partial charge in [0.1, 0.15) is 0 Å². The summed E-state index contributed by atoms with van der Waals surface area (Å²) in [6.45, 7) is 3.93. The molecule has 1 heterocycles. The Labute approximate surface area is 124 Å². The Bertz CT molecular complexity index is 492. The van der Waals surface area contributed by atoms with E-state index in [2.05, 4.69) is 15.5 Å². The molecule has 6 heteroatoms. The van der Waals surface area contributed by atoms with Crippen molar-refractivity contribution in [1.29, 1.82) is 0 Å². The Morgan fingerprint density at radius 1 is 1.24 bits per heavy atom. The van der Waals surface area contributed by atoms with E-state index in [0.717, 1.165) is 6.54 Å². The Hall–Kier alpha value is -1.92. The van der Waals surface area contributed by atoms with E-state index in [0.29, 0.717) is 18.8 Å². The van der Waals surface area contributed by atoms with Gasteiger partial charge in [-0.25, -0.2) is 0 Å². The lowest BCUT2D eigenvalue weighted by Gasteiger charge is -2.19. The van der Waals surface area contributed by atoms with Crippen molar-refractivity contribution in [2.24, 2.45) is 0 Å². The fourth-order valence-corrected chi connectivity index (χ4v) is 2.43. The first-order valence-corrected chi connectivity index (χ1v) is 7.07. The molecule has 2 N–H and O–H groups in total. The van der Waals surface area contributed by atoms with Crippen LogP contribution >= 0.6 is 0 Å². The lowest BCUT2D eigenvalue weighted by molar-refractivity contribution is -0.137. The molecule has 114 valence electrons. The summed E-state index contributed by atoms with van der Waals surface area (Å²) in [6, 6.07) is 8.74. The van der Waals surface area contributed by atoms with Crippen LogP contribution in [0.2, 0.25) is 0 Å². The molecule has 21 heavy (non-hydrogen) atoms. The van der Waals surface area contributed by atoms with Crippen molar-refractivity contribution in [1.82, 2.24) is 10.2 Å². The third-order valence-corrected chi connectivity index (χ3v) is 3.38. The predicted molar refractivity (Wildman–Crippen MR) is 79.9 cm³/mol. The van der Waals surface area contributed by atoms with E-state index in [9.17, 15) is 9.59 Å². The van der Waals surface area contributed by atoms with E-state index in [1.54, 1.807) is 24.3 Å². The molecule has 0 spiro atoms. The maximum Gasteiger partial charge on any atom is 0.313 e. The van der Waals surface area contributed by atoms with Crippen molar-refractivity contribution in [3.63, 3.8) is 0 Å². The number of nitrogens with zero attached hydrogens (tertiary/aromatic N) is 1. The zero-order chi connectivity index (χ0) is 15.2. The van der Waals surface area contributed by atoms with Gasteiger partial charge in [-0.05, 0) is 26.1 Å². The second-order valence-electron chi connectivity index (χ2n) is 5.12. The van der Waals surface area contributed by atoms with E-state index in [-0.39, 0.29) is 12.1 Å². The molecular formula is C15H21N3O3. The second kappa shape index (κ2) is 7.19. The molecule has 2 amide bonds. The second-order valence-corrected chi connectivity index (χ2v) is 5.12. The van der Waals surface area contributed by atoms with E-state index >= 15 is 0 Å². The van der Waals surface area contributed by atoms with Gasteiger partial charge in [-0.2, -0.15) is 0 Å². The first kappa shape index (κ1) is 15.5. The van der Waals surface area contributed by atoms with Gasteiger partial charge in [0, 0.05) is 25.4 Å². The highest BCUT2D eigenvalue weighted by Crippen LogP contribution is 2.12. The molecule has 2 atom stereocenters. The molecule has 0 aromatic heterocycles. The van der Waals surface area contributed by atoms with Crippen molar-refractivity contribution in [3.8, 4) is 0 Å². The lowest BCUT2D eigenvalue weighted by atomic mass is 10.2. The van der Waals surface area contributed by atoms with E-state index in [1.807, 2.05) is 20.0 Å². The summed E-state index contributed by atoms with van der Waals surface area (Å²) in [5, 5.41) is 5.31. The van der Waals surface area contributed by atoms with Gasteiger partial charge in [-0.3, -0.25) is 9.59 Å². The third-order valence-electron chi connectivity index (χ3n) is 3.38. The number of hydrogen-bond donors (Lipinski definition) is 2. The number of para-hydroxylation sites is 1. The molecule has 1 aromatic rings. The van der Waals surface area contributed by atoms with Crippen LogP contribution in [-0.4, -0.2) is 55.6 Å². The monoisotopic (exact) mass is 291 g/mol. The van der Waals surface area contributed by atoms with Crippen LogP contribution < -0.4 is 10.6 Å². The maximum absolute atomic E-state index is 12.0. The summed E-state index contributed by atoms with van der Waals surface area (Å²) >= 11 is 0. The molecule has 0 saturated carbocycles. The van der Waals surface area contributed by atoms with Crippen LogP contribution in [0.1, 0.15) is 6.92 Å². The third kappa shape index (κ3) is 4.27. The number of anilines is 1. The summed E-state index contributed by atoms with van der Waals surface area (Å²) in [6.07, 6.45) is -0.0755. The van der Waals surface area contributed by atoms with Gasteiger partial charge in [-0.1, -0.05) is 18.2 Å². The van der Waals surface area contributed by atoms with E-state index in [1.165, 1.54) is 0 Å². The van der Waals surface area contributed by atoms with Gasteiger partial charge >= 0.3 is 11.8 Å². The quantitative estimate of drug-likeness (QED) is 0.791. The summed E-state index contributed by atoms with van der Waals surface area (Å²) in [7, 11) is 1.96. The fourth-order valence-electron chi connectivity index (χ4n) is 2.43. The highest BCUT2D eigenvalue weighted by Gasteiger charge is 2.33. The Morgan fingerprint density at radius 2 is 1.95 bits per heavy atom. The number of carbonyl (C=O) groups excluding carboxylic acids is 2. The zero-order valence-electron chi connectivity index (χ0n) is 12.3. The zero-order valence-corrected chi connectivity index (χ0v) is 12.3. The minimum atomic E-state index is -0.661. The molecule has 1 aliphatic heterocycles. The number of nitrogens with one attached hydrogen (secondary N) is 2. The summed E-state index contributed by atoms with van der Waals surface area (Å²) in [5.74, 6) is -1.30. The molecule has 0 radical (unpaired) electrons. The van der Waals surface area contributed by atoms with Crippen LogP contribution in [0.5, 0.6) is 0 Å². The normalized spacial score (nSPS) is 22.0. The minimum Gasteiger partial charge on any atom is -0.375 e. The number of ether oxygens (including phenoxy) is 1. The van der Waals surface area contributed by atoms with Gasteiger partial charge in [0.25, 0.3) is 0 Å². The molecule has 2 rings (SSSR count). The van der Waals surface area contributed by atoms with Gasteiger partial charge < -0.3 is 20.3 Å². The average molecular weight is 291 g/mol. The first-order chi connectivity index (χ1) is 10.1. The SMILES string of the molecule is CCO[C@H]1CN(C)C[C@@H]1NC(=O)C(=O)Nc1ccccc1. The van der Waals surface area contributed by atoms with Gasteiger partial charge in [0.15, 0.2) is 0 Å². The summed E-state index contributed by atoms with van der Waals surface area (Å²) < 4.78 is 5.60. The minimum absolute atomic E-state index is 0.0755. The van der Waals surface area contributed by atoms with Gasteiger partial charge in [-0.15, -0.1) is 0 Å². The maximum atomic E-state index is 12.0. The van der Waals surface area contributed by atoms with Gasteiger partial charge in [0.2, 0.25) is 0 Å². The molecule has 6 nitrogen and oxygen atoms in total. The Kier molecular flexibility index (Phi) is 5.30. The topological polar surface area (TPSA) is 70.7 Å². The first-order valence-electron chi connectivity index (χ1n) is 7.07. The van der Waals surface area contributed by atoms with E-state index in [4.69, 9.17) is 4.74 Å². The van der Waals surface area contributed by atoms with Crippen LogP contribution in [0.15, 0.2) is 30.3 Å². The van der Waals surface area contributed by atoms with Crippen molar-refractivity contribution >= 4 is 17.5 Å². The largest absolute Gasteiger partial charge is 0.375 e. The molecule has 0 unspecified atom stereocenters. The predicted octanol–water partition coefficient (Wildman–Crippen LogP) is 0.460. The van der Waals surface area contributed by atoms with Crippen LogP contribution in [0.4, 0.5) is 5.69 Å². The van der Waals surface area contributed by atoms with E-state index < -0.39 is 11.8 Å². The lowest BCUT2D eigenvalue weighted by Crippen LogP contribution is -2.48. The molecule has 1 aromatic carbocycles. The van der Waals surface area contributed by atoms with Crippen molar-refractivity contribution in [3.05, 3.63) is 30.3 Å². The van der Waals surface area contributed by atoms with Crippen molar-refractivity contribution < 1.29 is 14.3 Å². The summed E-state index contributed by atoms with van der Waals surface area (Å²) in [4.78, 5) is 25.9. The molecule has 1 saturated heterocycles. The Morgan fingerprint density at radius 3 is 2.62 bits per heavy atom. The van der Waals surface area contributed by atoms with Crippen molar-refractivity contribution in [2.45, 2.75) is 19.1 Å². The number of hydrogen-bond acceptors (Lipinski definition) is 4. The van der Waals surface area contributed by atoms with Crippen LogP contribution in [0.3, 0.4) is 0 Å². The molecule has 0 bridgehead atoms. The molecule has 1 fully saturated rings. The standard InChI is InChI=1S/C15H21N3O3/c1-3-21-13-10-18(2)9-12(13)17-15(20)14(19)16-11-7-5-4-6-8-11/h4-8,12-13H,3,9-10H2,1-2H3,(H,16,19)(H,17,20)/t12-,13-/m0/s1. The number of rotatable bonds is 4. The fraction of sp³-hybridized carbons (Fsp3) is 0.467. The number of benzene rings is 1. The smallest absolute Gasteiger partial charge is 0.313 e. The van der Waals surface area contributed by atoms with Crippen LogP contribution in [0.25, 0.3) is 0 Å². The van der Waals surface area contributed by atoms with Gasteiger partial charge in [0.05, 0.1) is 12.1 Å². The van der Waals surface area contributed by atoms with Crippen LogP contribution in [0, 0.1) is 0 Å². The van der Waals surface area contributed by atoms with Crippen LogP contribution in [-0.2, 0) is 14.3 Å². The van der Waals surface area contributed by atoms with Crippen molar-refractivity contribution in [2.75, 3.05) is 32.1 Å². The number of amides is 2. The average Bonchev–Trinajstić information content (AvgIpc) is 2.80. The molecule has 0 aliphatic carbocycles. The number of likely N-dealkylation sites (tertiary alicyclic amines) is 1. The molecular weight excluding hydrogens is 270 g/mol. The number of likely N-dealkylation sites (N-methyl/N-ethyl adjacent to an activating group) is 1. The highest BCUT2D eigenvalue weighted by molar-refractivity contribution is 6.39.